The molecule has 0 bridgehead atoms. The number of hydrogen-bond donors (Lipinski definition) is 1. The summed E-state index contributed by atoms with van der Waals surface area (Å²) in [5.74, 6) is 0.0509. The van der Waals surface area contributed by atoms with Gasteiger partial charge in [-0.2, -0.15) is 0 Å². The lowest BCUT2D eigenvalue weighted by Gasteiger charge is -2.18. The standard InChI is InChI=1S/C20H18NOP/c22-20(21-17-10-4-1-5-11-17)16-23(18-12-6-2-7-13-18)19-14-8-3-9-15-19/h1-15H,16H2,(H,21,22). The molecule has 0 heterocycles. The second-order valence-electron chi connectivity index (χ2n) is 5.17. The average molecular weight is 319 g/mol. The number of amides is 1. The number of carbonyl (C=O) groups is 1. The van der Waals surface area contributed by atoms with Gasteiger partial charge < -0.3 is 5.32 Å². The van der Waals surface area contributed by atoms with Crippen molar-refractivity contribution in [2.45, 2.75) is 0 Å². The van der Waals surface area contributed by atoms with Crippen LogP contribution < -0.4 is 15.9 Å². The lowest BCUT2D eigenvalue weighted by molar-refractivity contribution is -0.113. The van der Waals surface area contributed by atoms with Gasteiger partial charge in [0.2, 0.25) is 5.91 Å². The molecule has 0 radical (unpaired) electrons. The second kappa shape index (κ2) is 7.71. The van der Waals surface area contributed by atoms with Gasteiger partial charge in [-0.05, 0) is 30.7 Å². The minimum atomic E-state index is -0.699. The Bertz CT molecular complexity index is 705. The monoisotopic (exact) mass is 319 g/mol. The van der Waals surface area contributed by atoms with Crippen LogP contribution in [0.1, 0.15) is 0 Å². The summed E-state index contributed by atoms with van der Waals surface area (Å²) in [7, 11) is -0.699. The molecule has 0 saturated heterocycles. The molecule has 0 fully saturated rings. The van der Waals surface area contributed by atoms with Gasteiger partial charge in [0.25, 0.3) is 0 Å². The minimum absolute atomic E-state index is 0.0509. The molecule has 0 aromatic heterocycles. The highest BCUT2D eigenvalue weighted by Crippen LogP contribution is 2.33. The maximum Gasteiger partial charge on any atom is 0.229 e. The number of hydrogen-bond acceptors (Lipinski definition) is 1. The molecule has 0 aliphatic heterocycles. The van der Waals surface area contributed by atoms with Crippen LogP contribution >= 0.6 is 7.92 Å². The summed E-state index contributed by atoms with van der Waals surface area (Å²) in [4.78, 5) is 12.5. The third-order valence-corrected chi connectivity index (χ3v) is 5.94. The Morgan fingerprint density at radius 2 is 1.13 bits per heavy atom. The number of carbonyl (C=O) groups excluding carboxylic acids is 1. The molecule has 0 aliphatic rings. The molecule has 1 N–H and O–H groups in total. The molecule has 0 saturated carbocycles. The zero-order chi connectivity index (χ0) is 15.9. The highest BCUT2D eigenvalue weighted by atomic mass is 31.1. The summed E-state index contributed by atoms with van der Waals surface area (Å²) in [6.07, 6.45) is 0.484. The normalized spacial score (nSPS) is 10.5. The largest absolute Gasteiger partial charge is 0.326 e. The van der Waals surface area contributed by atoms with Crippen LogP contribution in [0.5, 0.6) is 0 Å². The van der Waals surface area contributed by atoms with Gasteiger partial charge in [0, 0.05) is 5.69 Å². The van der Waals surface area contributed by atoms with E-state index in [1.807, 2.05) is 66.7 Å². The summed E-state index contributed by atoms with van der Waals surface area (Å²) >= 11 is 0. The van der Waals surface area contributed by atoms with E-state index in [9.17, 15) is 4.79 Å². The zero-order valence-electron chi connectivity index (χ0n) is 12.7. The van der Waals surface area contributed by atoms with Crippen molar-refractivity contribution in [2.75, 3.05) is 11.5 Å². The highest BCUT2D eigenvalue weighted by Gasteiger charge is 2.17. The van der Waals surface area contributed by atoms with Crippen LogP contribution in [-0.2, 0) is 4.79 Å². The van der Waals surface area contributed by atoms with Gasteiger partial charge in [0.15, 0.2) is 0 Å². The SMILES string of the molecule is O=C(CP(c1ccccc1)c1ccccc1)Nc1ccccc1. The third-order valence-electron chi connectivity index (χ3n) is 3.50. The topological polar surface area (TPSA) is 29.1 Å². The Labute approximate surface area is 137 Å². The summed E-state index contributed by atoms with van der Waals surface area (Å²) < 4.78 is 0. The number of anilines is 1. The maximum absolute atomic E-state index is 12.5. The van der Waals surface area contributed by atoms with Gasteiger partial charge in [-0.3, -0.25) is 4.79 Å². The molecule has 3 aromatic carbocycles. The van der Waals surface area contributed by atoms with Crippen LogP contribution in [-0.4, -0.2) is 12.1 Å². The highest BCUT2D eigenvalue weighted by molar-refractivity contribution is 7.73. The van der Waals surface area contributed by atoms with E-state index in [1.54, 1.807) is 0 Å². The van der Waals surface area contributed by atoms with E-state index >= 15 is 0 Å². The van der Waals surface area contributed by atoms with Gasteiger partial charge in [-0.25, -0.2) is 0 Å². The van der Waals surface area contributed by atoms with Crippen molar-refractivity contribution in [2.24, 2.45) is 0 Å². The van der Waals surface area contributed by atoms with Gasteiger partial charge in [0.1, 0.15) is 0 Å². The fraction of sp³-hybridized carbons (Fsp3) is 0.0500. The second-order valence-corrected chi connectivity index (χ2v) is 7.38. The van der Waals surface area contributed by atoms with Gasteiger partial charge in [-0.1, -0.05) is 78.9 Å². The van der Waals surface area contributed by atoms with Crippen LogP contribution in [0.2, 0.25) is 0 Å². The number of benzene rings is 3. The Balaban J connectivity index is 1.81. The quantitative estimate of drug-likeness (QED) is 0.713. The molecule has 0 atom stereocenters. The summed E-state index contributed by atoms with van der Waals surface area (Å²) in [6, 6.07) is 30.2. The molecule has 3 rings (SSSR count). The first-order valence-corrected chi connectivity index (χ1v) is 9.08. The zero-order valence-corrected chi connectivity index (χ0v) is 13.6. The van der Waals surface area contributed by atoms with E-state index in [2.05, 4.69) is 29.6 Å². The smallest absolute Gasteiger partial charge is 0.229 e. The van der Waals surface area contributed by atoms with E-state index in [0.717, 1.165) is 5.69 Å². The maximum atomic E-state index is 12.5. The molecular formula is C20H18NOP. The third kappa shape index (κ3) is 4.28. The van der Waals surface area contributed by atoms with Crippen LogP contribution in [0, 0.1) is 0 Å². The molecule has 23 heavy (non-hydrogen) atoms. The molecule has 3 heteroatoms. The lowest BCUT2D eigenvalue weighted by Crippen LogP contribution is -2.22. The number of rotatable bonds is 5. The fourth-order valence-electron chi connectivity index (χ4n) is 2.41. The van der Waals surface area contributed by atoms with Crippen molar-refractivity contribution >= 4 is 30.1 Å². The first-order valence-electron chi connectivity index (χ1n) is 7.55. The Hall–Kier alpha value is -2.44. The van der Waals surface area contributed by atoms with Crippen LogP contribution in [0.3, 0.4) is 0 Å². The van der Waals surface area contributed by atoms with Gasteiger partial charge in [-0.15, -0.1) is 0 Å². The summed E-state index contributed by atoms with van der Waals surface area (Å²) in [5.41, 5.74) is 0.841. The Morgan fingerprint density at radius 1 is 0.696 bits per heavy atom. The van der Waals surface area contributed by atoms with E-state index in [4.69, 9.17) is 0 Å². The van der Waals surface area contributed by atoms with Crippen molar-refractivity contribution in [1.82, 2.24) is 0 Å². The predicted molar refractivity (Wildman–Crippen MR) is 99.0 cm³/mol. The Morgan fingerprint density at radius 3 is 1.61 bits per heavy atom. The van der Waals surface area contributed by atoms with Crippen LogP contribution in [0.15, 0.2) is 91.0 Å². The summed E-state index contributed by atoms with van der Waals surface area (Å²) in [6.45, 7) is 0. The first-order chi connectivity index (χ1) is 11.3. The van der Waals surface area contributed by atoms with E-state index < -0.39 is 7.92 Å². The van der Waals surface area contributed by atoms with E-state index in [1.165, 1.54) is 10.6 Å². The van der Waals surface area contributed by atoms with E-state index in [-0.39, 0.29) is 5.91 Å². The van der Waals surface area contributed by atoms with Crippen molar-refractivity contribution in [3.63, 3.8) is 0 Å². The van der Waals surface area contributed by atoms with Crippen molar-refractivity contribution in [3.05, 3.63) is 91.0 Å². The van der Waals surface area contributed by atoms with Gasteiger partial charge in [0.05, 0.1) is 6.16 Å². The molecule has 0 unspecified atom stereocenters. The molecule has 0 aliphatic carbocycles. The first kappa shape index (κ1) is 15.5. The Kier molecular flexibility index (Phi) is 5.18. The van der Waals surface area contributed by atoms with Gasteiger partial charge >= 0.3 is 0 Å². The lowest BCUT2D eigenvalue weighted by atomic mass is 10.3. The molecule has 3 aromatic rings. The summed E-state index contributed by atoms with van der Waals surface area (Å²) in [5, 5.41) is 5.43. The van der Waals surface area contributed by atoms with Crippen molar-refractivity contribution in [3.8, 4) is 0 Å². The molecule has 114 valence electrons. The van der Waals surface area contributed by atoms with Crippen LogP contribution in [0.4, 0.5) is 5.69 Å². The molecular weight excluding hydrogens is 301 g/mol. The predicted octanol–water partition coefficient (Wildman–Crippen LogP) is 3.76. The van der Waals surface area contributed by atoms with E-state index in [0.29, 0.717) is 6.16 Å². The van der Waals surface area contributed by atoms with Crippen molar-refractivity contribution in [1.29, 1.82) is 0 Å². The molecule has 2 nitrogen and oxygen atoms in total. The average Bonchev–Trinajstić information content (AvgIpc) is 2.62. The molecule has 1 amide bonds. The van der Waals surface area contributed by atoms with Crippen molar-refractivity contribution < 1.29 is 4.79 Å². The number of para-hydroxylation sites is 1. The molecule has 0 spiro atoms. The minimum Gasteiger partial charge on any atom is -0.326 e. The fourth-order valence-corrected chi connectivity index (χ4v) is 4.51. The number of nitrogens with one attached hydrogen (secondary N) is 1. The van der Waals surface area contributed by atoms with Crippen LogP contribution in [0.25, 0.3) is 0 Å².